The van der Waals surface area contributed by atoms with Crippen molar-refractivity contribution in [1.29, 1.82) is 0 Å². The van der Waals surface area contributed by atoms with Crippen LogP contribution in [-0.4, -0.2) is 19.3 Å². The Morgan fingerprint density at radius 2 is 2.58 bits per heavy atom. The van der Waals surface area contributed by atoms with Crippen molar-refractivity contribution in [3.05, 3.63) is 18.4 Å². The summed E-state index contributed by atoms with van der Waals surface area (Å²) in [6, 6.07) is 3.78. The van der Waals surface area contributed by atoms with Crippen LogP contribution in [0.25, 0.3) is 0 Å². The molecular formula is C9H13NO2. The lowest BCUT2D eigenvalue weighted by Gasteiger charge is -2.08. The molecule has 0 aliphatic carbocycles. The molecule has 0 aromatic carbocycles. The Bertz CT molecular complexity index is 214. The third-order valence-electron chi connectivity index (χ3n) is 2.05. The van der Waals surface area contributed by atoms with Gasteiger partial charge in [0.05, 0.1) is 12.4 Å². The standard InChI is InChI=1S/C9H13NO2/c1-3-8(11-5-1)7-10-9-4-2-6-12-9/h2,4,6,8,10H,1,3,5,7H2. The molecule has 1 aromatic heterocycles. The molecule has 1 saturated heterocycles. The molecule has 0 saturated carbocycles. The van der Waals surface area contributed by atoms with Gasteiger partial charge in [-0.05, 0) is 18.9 Å². The lowest BCUT2D eigenvalue weighted by atomic mass is 10.2. The SMILES string of the molecule is c1coc(NCC2CCCO2)c1. The molecule has 2 heterocycles. The van der Waals surface area contributed by atoms with Gasteiger partial charge in [0, 0.05) is 19.2 Å². The van der Waals surface area contributed by atoms with Crippen LogP contribution in [0.3, 0.4) is 0 Å². The average Bonchev–Trinajstić information content (AvgIpc) is 2.74. The van der Waals surface area contributed by atoms with E-state index in [1.165, 1.54) is 6.42 Å². The molecule has 1 aromatic rings. The van der Waals surface area contributed by atoms with Gasteiger partial charge in [-0.15, -0.1) is 0 Å². The van der Waals surface area contributed by atoms with Crippen LogP contribution in [-0.2, 0) is 4.74 Å². The molecule has 12 heavy (non-hydrogen) atoms. The molecule has 1 aliphatic rings. The van der Waals surface area contributed by atoms with Gasteiger partial charge in [-0.25, -0.2) is 0 Å². The fourth-order valence-electron chi connectivity index (χ4n) is 1.40. The number of ether oxygens (including phenoxy) is 1. The van der Waals surface area contributed by atoms with Gasteiger partial charge in [0.15, 0.2) is 5.88 Å². The maximum atomic E-state index is 5.45. The van der Waals surface area contributed by atoms with Crippen LogP contribution in [0.4, 0.5) is 5.88 Å². The van der Waals surface area contributed by atoms with E-state index in [-0.39, 0.29) is 0 Å². The number of furan rings is 1. The van der Waals surface area contributed by atoms with Crippen LogP contribution >= 0.6 is 0 Å². The maximum Gasteiger partial charge on any atom is 0.192 e. The molecule has 1 atom stereocenters. The van der Waals surface area contributed by atoms with Gasteiger partial charge in [0.2, 0.25) is 0 Å². The first-order valence-electron chi connectivity index (χ1n) is 4.34. The molecule has 1 fully saturated rings. The summed E-state index contributed by atoms with van der Waals surface area (Å²) in [5.74, 6) is 0.825. The fourth-order valence-corrected chi connectivity index (χ4v) is 1.40. The number of nitrogens with one attached hydrogen (secondary N) is 1. The highest BCUT2D eigenvalue weighted by Crippen LogP contribution is 2.13. The molecule has 0 amide bonds. The Balaban J connectivity index is 1.74. The van der Waals surface area contributed by atoms with E-state index in [1.807, 2.05) is 12.1 Å². The van der Waals surface area contributed by atoms with E-state index in [1.54, 1.807) is 6.26 Å². The molecule has 0 spiro atoms. The minimum atomic E-state index is 0.370. The number of rotatable bonds is 3. The highest BCUT2D eigenvalue weighted by molar-refractivity contribution is 5.29. The van der Waals surface area contributed by atoms with Crippen LogP contribution in [0.5, 0.6) is 0 Å². The minimum Gasteiger partial charge on any atom is -0.449 e. The summed E-state index contributed by atoms with van der Waals surface area (Å²) in [6.07, 6.45) is 4.38. The topological polar surface area (TPSA) is 34.4 Å². The van der Waals surface area contributed by atoms with Crippen LogP contribution in [0.1, 0.15) is 12.8 Å². The summed E-state index contributed by atoms with van der Waals surface area (Å²) in [6.45, 7) is 1.76. The first-order chi connectivity index (χ1) is 5.95. The monoisotopic (exact) mass is 167 g/mol. The third-order valence-corrected chi connectivity index (χ3v) is 2.05. The molecule has 1 N–H and O–H groups in total. The Morgan fingerprint density at radius 3 is 3.25 bits per heavy atom. The lowest BCUT2D eigenvalue weighted by molar-refractivity contribution is 0.120. The van der Waals surface area contributed by atoms with Gasteiger partial charge >= 0.3 is 0 Å². The quantitative estimate of drug-likeness (QED) is 0.746. The average molecular weight is 167 g/mol. The largest absolute Gasteiger partial charge is 0.449 e. The summed E-state index contributed by atoms with van der Waals surface area (Å²) >= 11 is 0. The molecule has 66 valence electrons. The minimum absolute atomic E-state index is 0.370. The second-order valence-corrected chi connectivity index (χ2v) is 2.99. The van der Waals surface area contributed by atoms with Gasteiger partial charge in [-0.3, -0.25) is 0 Å². The highest BCUT2D eigenvalue weighted by Gasteiger charge is 2.14. The van der Waals surface area contributed by atoms with Gasteiger partial charge in [-0.2, -0.15) is 0 Å². The van der Waals surface area contributed by atoms with E-state index in [2.05, 4.69) is 5.32 Å². The van der Waals surface area contributed by atoms with E-state index in [9.17, 15) is 0 Å². The van der Waals surface area contributed by atoms with Crippen LogP contribution in [0.2, 0.25) is 0 Å². The summed E-state index contributed by atoms with van der Waals surface area (Å²) < 4.78 is 10.6. The van der Waals surface area contributed by atoms with Gasteiger partial charge in [-0.1, -0.05) is 0 Å². The number of hydrogen-bond donors (Lipinski definition) is 1. The summed E-state index contributed by atoms with van der Waals surface area (Å²) in [7, 11) is 0. The third kappa shape index (κ3) is 1.80. The normalized spacial score (nSPS) is 22.8. The van der Waals surface area contributed by atoms with Crippen molar-refractivity contribution in [2.75, 3.05) is 18.5 Å². The van der Waals surface area contributed by atoms with E-state index in [0.717, 1.165) is 25.5 Å². The van der Waals surface area contributed by atoms with E-state index >= 15 is 0 Å². The van der Waals surface area contributed by atoms with Gasteiger partial charge < -0.3 is 14.5 Å². The van der Waals surface area contributed by atoms with Gasteiger partial charge in [0.25, 0.3) is 0 Å². The zero-order valence-corrected chi connectivity index (χ0v) is 6.95. The molecule has 3 nitrogen and oxygen atoms in total. The Kier molecular flexibility index (Phi) is 2.32. The highest BCUT2D eigenvalue weighted by atomic mass is 16.5. The summed E-state index contributed by atoms with van der Waals surface area (Å²) in [5, 5.41) is 3.17. The smallest absolute Gasteiger partial charge is 0.192 e. The molecule has 0 radical (unpaired) electrons. The zero-order valence-electron chi connectivity index (χ0n) is 6.95. The summed E-state index contributed by atoms with van der Waals surface area (Å²) in [4.78, 5) is 0. The Morgan fingerprint density at radius 1 is 1.58 bits per heavy atom. The van der Waals surface area contributed by atoms with E-state index in [4.69, 9.17) is 9.15 Å². The van der Waals surface area contributed by atoms with Crippen molar-refractivity contribution in [1.82, 2.24) is 0 Å². The lowest BCUT2D eigenvalue weighted by Crippen LogP contribution is -2.17. The van der Waals surface area contributed by atoms with Gasteiger partial charge in [0.1, 0.15) is 0 Å². The first kappa shape index (κ1) is 7.68. The predicted octanol–water partition coefficient (Wildman–Crippen LogP) is 1.87. The van der Waals surface area contributed by atoms with Crippen molar-refractivity contribution in [2.45, 2.75) is 18.9 Å². The van der Waals surface area contributed by atoms with Crippen LogP contribution in [0.15, 0.2) is 22.8 Å². The van der Waals surface area contributed by atoms with E-state index in [0.29, 0.717) is 6.10 Å². The van der Waals surface area contributed by atoms with Crippen LogP contribution in [0, 0.1) is 0 Å². The second kappa shape index (κ2) is 3.63. The molecule has 1 unspecified atom stereocenters. The van der Waals surface area contributed by atoms with Crippen molar-refractivity contribution < 1.29 is 9.15 Å². The summed E-state index contributed by atoms with van der Waals surface area (Å²) in [5.41, 5.74) is 0. The molecule has 0 bridgehead atoms. The first-order valence-corrected chi connectivity index (χ1v) is 4.34. The van der Waals surface area contributed by atoms with E-state index < -0.39 is 0 Å². The molecular weight excluding hydrogens is 154 g/mol. The predicted molar refractivity (Wildman–Crippen MR) is 46.2 cm³/mol. The maximum absolute atomic E-state index is 5.45. The molecule has 3 heteroatoms. The molecule has 2 rings (SSSR count). The fraction of sp³-hybridized carbons (Fsp3) is 0.556. The zero-order chi connectivity index (χ0) is 8.23. The molecule has 1 aliphatic heterocycles. The van der Waals surface area contributed by atoms with Crippen molar-refractivity contribution in [3.63, 3.8) is 0 Å². The number of hydrogen-bond acceptors (Lipinski definition) is 3. The number of anilines is 1. The van der Waals surface area contributed by atoms with Crippen molar-refractivity contribution in [3.8, 4) is 0 Å². The van der Waals surface area contributed by atoms with Crippen molar-refractivity contribution in [2.24, 2.45) is 0 Å². The Labute approximate surface area is 71.7 Å². The second-order valence-electron chi connectivity index (χ2n) is 2.99. The Hall–Kier alpha value is -0.960. The van der Waals surface area contributed by atoms with Crippen molar-refractivity contribution >= 4 is 5.88 Å². The van der Waals surface area contributed by atoms with Crippen LogP contribution < -0.4 is 5.32 Å².